The number of carbonyl (C=O) groups excluding carboxylic acids is 1. The number of amides is 1. The van der Waals surface area contributed by atoms with Crippen molar-refractivity contribution in [3.05, 3.63) is 58.1 Å². The highest BCUT2D eigenvalue weighted by atomic mass is 16.5. The van der Waals surface area contributed by atoms with Gasteiger partial charge in [-0.1, -0.05) is 32.0 Å². The third-order valence-corrected chi connectivity index (χ3v) is 3.07. The first-order chi connectivity index (χ1) is 10.0. The molecule has 110 valence electrons. The van der Waals surface area contributed by atoms with E-state index in [1.54, 1.807) is 0 Å². The van der Waals surface area contributed by atoms with Crippen LogP contribution < -0.4 is 15.5 Å². The average molecular weight is 287 g/mol. The molecule has 21 heavy (non-hydrogen) atoms. The lowest BCUT2D eigenvalue weighted by atomic mass is 10.0. The molecule has 0 saturated heterocycles. The van der Waals surface area contributed by atoms with Crippen molar-refractivity contribution in [1.82, 2.24) is 0 Å². The highest BCUT2D eigenvalue weighted by molar-refractivity contribution is 6.02. The summed E-state index contributed by atoms with van der Waals surface area (Å²) in [6, 6.07) is 8.63. The van der Waals surface area contributed by atoms with E-state index < -0.39 is 11.3 Å². The smallest absolute Gasteiger partial charge is 0.291 e. The summed E-state index contributed by atoms with van der Waals surface area (Å²) in [6.45, 7) is 4.08. The Hall–Kier alpha value is -2.56. The summed E-state index contributed by atoms with van der Waals surface area (Å²) < 4.78 is 9.94. The first-order valence-electron chi connectivity index (χ1n) is 6.60. The van der Waals surface area contributed by atoms with Crippen molar-refractivity contribution in [2.45, 2.75) is 19.8 Å². The molecule has 1 aromatic heterocycles. The van der Waals surface area contributed by atoms with Gasteiger partial charge >= 0.3 is 0 Å². The Morgan fingerprint density at radius 3 is 2.62 bits per heavy atom. The second-order valence-electron chi connectivity index (χ2n) is 4.87. The molecule has 0 atom stereocenters. The van der Waals surface area contributed by atoms with Gasteiger partial charge in [-0.05, 0) is 17.5 Å². The topological polar surface area (TPSA) is 68.5 Å². The molecular formula is C16H17NO4. The van der Waals surface area contributed by atoms with Crippen LogP contribution in [0.3, 0.4) is 0 Å². The lowest BCUT2D eigenvalue weighted by Crippen LogP contribution is -2.16. The molecule has 2 rings (SSSR count). The number of ether oxygens (including phenoxy) is 1. The van der Waals surface area contributed by atoms with E-state index in [9.17, 15) is 9.59 Å². The standard InChI is InChI=1S/C16H17NO4/c1-10(2)11-6-4-5-7-12(11)17-16(19)14-8-13(18)15(20-3)9-21-14/h4-10H,1-3H3,(H,17,19). The molecule has 1 amide bonds. The van der Waals surface area contributed by atoms with E-state index in [1.807, 2.05) is 38.1 Å². The minimum absolute atomic E-state index is 0.0561. The van der Waals surface area contributed by atoms with Gasteiger partial charge in [0.1, 0.15) is 6.26 Å². The fraction of sp³-hybridized carbons (Fsp3) is 0.250. The summed E-state index contributed by atoms with van der Waals surface area (Å²) in [5.41, 5.74) is 1.32. The van der Waals surface area contributed by atoms with E-state index in [0.717, 1.165) is 17.9 Å². The highest BCUT2D eigenvalue weighted by Gasteiger charge is 2.14. The Balaban J connectivity index is 2.26. The predicted octanol–water partition coefficient (Wildman–Crippen LogP) is 3.02. The summed E-state index contributed by atoms with van der Waals surface area (Å²) in [7, 11) is 1.37. The lowest BCUT2D eigenvalue weighted by molar-refractivity contribution is 0.0993. The quantitative estimate of drug-likeness (QED) is 0.938. The van der Waals surface area contributed by atoms with Crippen molar-refractivity contribution in [2.75, 3.05) is 12.4 Å². The summed E-state index contributed by atoms with van der Waals surface area (Å²) in [4.78, 5) is 23.8. The molecule has 0 aliphatic heterocycles. The molecule has 2 aromatic rings. The number of nitrogens with one attached hydrogen (secondary N) is 1. The van der Waals surface area contributed by atoms with Crippen molar-refractivity contribution in [1.29, 1.82) is 0 Å². The average Bonchev–Trinajstić information content (AvgIpc) is 2.47. The lowest BCUT2D eigenvalue weighted by Gasteiger charge is -2.13. The van der Waals surface area contributed by atoms with E-state index in [4.69, 9.17) is 9.15 Å². The first-order valence-corrected chi connectivity index (χ1v) is 6.60. The molecule has 5 heteroatoms. The maximum absolute atomic E-state index is 12.2. The van der Waals surface area contributed by atoms with Gasteiger partial charge in [-0.15, -0.1) is 0 Å². The van der Waals surface area contributed by atoms with Crippen LogP contribution in [0.25, 0.3) is 0 Å². The highest BCUT2D eigenvalue weighted by Crippen LogP contribution is 2.24. The molecule has 0 fully saturated rings. The van der Waals surface area contributed by atoms with Crippen molar-refractivity contribution >= 4 is 11.6 Å². The van der Waals surface area contributed by atoms with Gasteiger partial charge < -0.3 is 14.5 Å². The molecule has 0 spiro atoms. The third-order valence-electron chi connectivity index (χ3n) is 3.07. The van der Waals surface area contributed by atoms with Crippen LogP contribution in [0.2, 0.25) is 0 Å². The zero-order valence-corrected chi connectivity index (χ0v) is 12.2. The number of methoxy groups -OCH3 is 1. The van der Waals surface area contributed by atoms with Crippen LogP contribution in [0.4, 0.5) is 5.69 Å². The molecule has 0 saturated carbocycles. The Labute approximate surface area is 122 Å². The van der Waals surface area contributed by atoms with Gasteiger partial charge in [0, 0.05) is 11.8 Å². The maximum Gasteiger partial charge on any atom is 0.291 e. The SMILES string of the molecule is COc1coc(C(=O)Nc2ccccc2C(C)C)cc1=O. The van der Waals surface area contributed by atoms with Crippen molar-refractivity contribution in [2.24, 2.45) is 0 Å². The minimum Gasteiger partial charge on any atom is -0.490 e. The van der Waals surface area contributed by atoms with Crippen LogP contribution >= 0.6 is 0 Å². The molecule has 1 heterocycles. The van der Waals surface area contributed by atoms with Crippen LogP contribution in [0.5, 0.6) is 5.75 Å². The maximum atomic E-state index is 12.2. The number of carbonyl (C=O) groups is 1. The Bertz CT molecular complexity index is 703. The molecule has 0 radical (unpaired) electrons. The van der Waals surface area contributed by atoms with E-state index in [-0.39, 0.29) is 17.4 Å². The van der Waals surface area contributed by atoms with Crippen LogP contribution in [-0.4, -0.2) is 13.0 Å². The summed E-state index contributed by atoms with van der Waals surface area (Å²) >= 11 is 0. The van der Waals surface area contributed by atoms with Gasteiger partial charge in [0.2, 0.25) is 11.2 Å². The molecule has 0 bridgehead atoms. The number of hydrogen-bond acceptors (Lipinski definition) is 4. The monoisotopic (exact) mass is 287 g/mol. The van der Waals surface area contributed by atoms with Gasteiger partial charge in [0.25, 0.3) is 5.91 Å². The van der Waals surface area contributed by atoms with Gasteiger partial charge in [-0.3, -0.25) is 9.59 Å². The molecule has 0 aliphatic carbocycles. The van der Waals surface area contributed by atoms with Crippen LogP contribution in [0.1, 0.15) is 35.9 Å². The Morgan fingerprint density at radius 1 is 1.29 bits per heavy atom. The number of benzene rings is 1. The van der Waals surface area contributed by atoms with Gasteiger partial charge in [0.15, 0.2) is 5.76 Å². The van der Waals surface area contributed by atoms with Crippen LogP contribution in [0.15, 0.2) is 45.8 Å². The summed E-state index contributed by atoms with van der Waals surface area (Å²) in [6.07, 6.45) is 1.13. The van der Waals surface area contributed by atoms with Gasteiger partial charge in [-0.2, -0.15) is 0 Å². The number of anilines is 1. The normalized spacial score (nSPS) is 10.5. The second kappa shape index (κ2) is 6.26. The number of para-hydroxylation sites is 1. The second-order valence-corrected chi connectivity index (χ2v) is 4.87. The molecule has 0 unspecified atom stereocenters. The molecule has 1 aromatic carbocycles. The Kier molecular flexibility index (Phi) is 4.42. The summed E-state index contributed by atoms with van der Waals surface area (Å²) in [5.74, 6) is -0.194. The van der Waals surface area contributed by atoms with Crippen LogP contribution in [-0.2, 0) is 0 Å². The first kappa shape index (κ1) is 14.8. The van der Waals surface area contributed by atoms with Gasteiger partial charge in [-0.25, -0.2) is 0 Å². The molecule has 1 N–H and O–H groups in total. The van der Waals surface area contributed by atoms with Crippen molar-refractivity contribution in [3.8, 4) is 5.75 Å². The zero-order valence-electron chi connectivity index (χ0n) is 12.2. The van der Waals surface area contributed by atoms with E-state index in [2.05, 4.69) is 5.32 Å². The van der Waals surface area contributed by atoms with E-state index in [0.29, 0.717) is 5.69 Å². The third kappa shape index (κ3) is 3.31. The zero-order chi connectivity index (χ0) is 15.4. The van der Waals surface area contributed by atoms with E-state index in [1.165, 1.54) is 7.11 Å². The van der Waals surface area contributed by atoms with E-state index >= 15 is 0 Å². The van der Waals surface area contributed by atoms with Crippen molar-refractivity contribution in [3.63, 3.8) is 0 Å². The predicted molar refractivity (Wildman–Crippen MR) is 80.0 cm³/mol. The van der Waals surface area contributed by atoms with Crippen LogP contribution in [0, 0.1) is 0 Å². The molecule has 5 nitrogen and oxygen atoms in total. The van der Waals surface area contributed by atoms with Crippen molar-refractivity contribution < 1.29 is 13.9 Å². The fourth-order valence-electron chi connectivity index (χ4n) is 1.97. The minimum atomic E-state index is -0.470. The fourth-order valence-corrected chi connectivity index (χ4v) is 1.97. The summed E-state index contributed by atoms with van der Waals surface area (Å²) in [5, 5.41) is 2.76. The molecular weight excluding hydrogens is 270 g/mol. The number of rotatable bonds is 4. The van der Waals surface area contributed by atoms with Gasteiger partial charge in [0.05, 0.1) is 7.11 Å². The Morgan fingerprint density at radius 2 is 2.00 bits per heavy atom. The largest absolute Gasteiger partial charge is 0.490 e. The molecule has 0 aliphatic rings. The number of hydrogen-bond donors (Lipinski definition) is 1.